The molecule has 132 valence electrons. The standard InChI is InChI=1S/C18H22ClN5O/c1-11(25)22-15-4-2-3-12(9-15)17-16(19)10-21-18(24-17)23-14-7-5-13(20)6-8-14/h2-4,9-10,13-14H,5-8,20H2,1H3,(H,22,25)(H,21,23,24)/t13-,14-. The highest BCUT2D eigenvalue weighted by Gasteiger charge is 2.19. The molecule has 1 aromatic carbocycles. The highest BCUT2D eigenvalue weighted by molar-refractivity contribution is 6.32. The molecule has 1 amide bonds. The number of amides is 1. The molecule has 0 aliphatic heterocycles. The summed E-state index contributed by atoms with van der Waals surface area (Å²) < 4.78 is 0. The number of rotatable bonds is 4. The lowest BCUT2D eigenvalue weighted by Gasteiger charge is -2.26. The van der Waals surface area contributed by atoms with E-state index in [1.807, 2.05) is 24.3 Å². The third-order valence-electron chi connectivity index (χ3n) is 4.31. The van der Waals surface area contributed by atoms with Crippen LogP contribution in [-0.2, 0) is 4.79 Å². The molecule has 1 fully saturated rings. The number of anilines is 2. The van der Waals surface area contributed by atoms with Crippen molar-refractivity contribution in [3.63, 3.8) is 0 Å². The van der Waals surface area contributed by atoms with Gasteiger partial charge in [-0.15, -0.1) is 0 Å². The second-order valence-corrected chi connectivity index (χ2v) is 6.82. The Morgan fingerprint density at radius 1 is 1.28 bits per heavy atom. The minimum absolute atomic E-state index is 0.121. The van der Waals surface area contributed by atoms with Crippen molar-refractivity contribution < 1.29 is 4.79 Å². The number of nitrogens with one attached hydrogen (secondary N) is 2. The van der Waals surface area contributed by atoms with E-state index in [2.05, 4.69) is 20.6 Å². The molecule has 2 aromatic rings. The molecule has 1 aliphatic rings. The Kier molecular flexibility index (Phi) is 5.50. The SMILES string of the molecule is CC(=O)Nc1cccc(-c2nc(N[C@H]3CC[C@H](N)CC3)ncc2Cl)c1. The number of nitrogens with zero attached hydrogens (tertiary/aromatic N) is 2. The lowest BCUT2D eigenvalue weighted by molar-refractivity contribution is -0.114. The first-order valence-corrected chi connectivity index (χ1v) is 8.82. The summed E-state index contributed by atoms with van der Waals surface area (Å²) in [5.41, 5.74) is 8.12. The topological polar surface area (TPSA) is 92.9 Å². The first-order chi connectivity index (χ1) is 12.0. The molecular weight excluding hydrogens is 338 g/mol. The van der Waals surface area contributed by atoms with Gasteiger partial charge in [-0.1, -0.05) is 23.7 Å². The van der Waals surface area contributed by atoms with Crippen molar-refractivity contribution in [2.75, 3.05) is 10.6 Å². The van der Waals surface area contributed by atoms with Crippen molar-refractivity contribution in [3.05, 3.63) is 35.5 Å². The van der Waals surface area contributed by atoms with Crippen LogP contribution < -0.4 is 16.4 Å². The van der Waals surface area contributed by atoms with Gasteiger partial charge in [0.15, 0.2) is 0 Å². The predicted molar refractivity (Wildman–Crippen MR) is 101 cm³/mol. The number of benzene rings is 1. The molecule has 6 nitrogen and oxygen atoms in total. The van der Waals surface area contributed by atoms with Crippen molar-refractivity contribution in [2.45, 2.75) is 44.7 Å². The van der Waals surface area contributed by atoms with E-state index in [0.29, 0.717) is 34.4 Å². The third-order valence-corrected chi connectivity index (χ3v) is 4.58. The van der Waals surface area contributed by atoms with Crippen LogP contribution in [-0.4, -0.2) is 28.0 Å². The van der Waals surface area contributed by atoms with Gasteiger partial charge in [-0.05, 0) is 37.8 Å². The van der Waals surface area contributed by atoms with Crippen molar-refractivity contribution in [1.29, 1.82) is 0 Å². The van der Waals surface area contributed by atoms with Crippen LogP contribution in [0.25, 0.3) is 11.3 Å². The maximum Gasteiger partial charge on any atom is 0.223 e. The smallest absolute Gasteiger partial charge is 0.223 e. The van der Waals surface area contributed by atoms with E-state index < -0.39 is 0 Å². The van der Waals surface area contributed by atoms with Crippen LogP contribution in [0.3, 0.4) is 0 Å². The summed E-state index contributed by atoms with van der Waals surface area (Å²) in [6, 6.07) is 8.07. The highest BCUT2D eigenvalue weighted by Crippen LogP contribution is 2.29. The zero-order chi connectivity index (χ0) is 17.8. The quantitative estimate of drug-likeness (QED) is 0.777. The Morgan fingerprint density at radius 2 is 2.04 bits per heavy atom. The number of hydrogen-bond donors (Lipinski definition) is 3. The second kappa shape index (κ2) is 7.80. The van der Waals surface area contributed by atoms with Crippen LogP contribution >= 0.6 is 11.6 Å². The van der Waals surface area contributed by atoms with E-state index in [0.717, 1.165) is 31.2 Å². The molecule has 0 bridgehead atoms. The summed E-state index contributed by atoms with van der Waals surface area (Å²) in [4.78, 5) is 20.1. The van der Waals surface area contributed by atoms with Crippen molar-refractivity contribution in [1.82, 2.24) is 9.97 Å². The predicted octanol–water partition coefficient (Wildman–Crippen LogP) is 3.44. The summed E-state index contributed by atoms with van der Waals surface area (Å²) in [5, 5.41) is 6.61. The van der Waals surface area contributed by atoms with Crippen LogP contribution in [0.15, 0.2) is 30.5 Å². The number of hydrogen-bond acceptors (Lipinski definition) is 5. The summed E-state index contributed by atoms with van der Waals surface area (Å²) >= 11 is 6.29. The van der Waals surface area contributed by atoms with Gasteiger partial charge in [0.1, 0.15) is 0 Å². The molecule has 0 radical (unpaired) electrons. The second-order valence-electron chi connectivity index (χ2n) is 6.41. The van der Waals surface area contributed by atoms with Gasteiger partial charge >= 0.3 is 0 Å². The molecule has 1 aliphatic carbocycles. The number of nitrogens with two attached hydrogens (primary N) is 1. The Hall–Kier alpha value is -2.18. The molecule has 0 spiro atoms. The van der Waals surface area contributed by atoms with Gasteiger partial charge in [0.25, 0.3) is 0 Å². The Labute approximate surface area is 152 Å². The van der Waals surface area contributed by atoms with Gasteiger partial charge in [-0.3, -0.25) is 4.79 Å². The van der Waals surface area contributed by atoms with Crippen LogP contribution in [0.4, 0.5) is 11.6 Å². The van der Waals surface area contributed by atoms with Gasteiger partial charge < -0.3 is 16.4 Å². The van der Waals surface area contributed by atoms with E-state index in [9.17, 15) is 4.79 Å². The van der Waals surface area contributed by atoms with Crippen LogP contribution in [0.2, 0.25) is 5.02 Å². The highest BCUT2D eigenvalue weighted by atomic mass is 35.5. The minimum atomic E-state index is -0.121. The zero-order valence-corrected chi connectivity index (χ0v) is 14.9. The van der Waals surface area contributed by atoms with E-state index in [1.165, 1.54) is 6.92 Å². The first-order valence-electron chi connectivity index (χ1n) is 8.44. The molecule has 7 heteroatoms. The summed E-state index contributed by atoms with van der Waals surface area (Å²) in [7, 11) is 0. The van der Waals surface area contributed by atoms with Crippen molar-refractivity contribution >= 4 is 29.1 Å². The summed E-state index contributed by atoms with van der Waals surface area (Å²) in [5.74, 6) is 0.439. The Bertz CT molecular complexity index is 759. The lowest BCUT2D eigenvalue weighted by Crippen LogP contribution is -2.33. The summed E-state index contributed by atoms with van der Waals surface area (Å²) in [6.45, 7) is 1.47. The number of halogens is 1. The molecule has 1 heterocycles. The fourth-order valence-electron chi connectivity index (χ4n) is 3.03. The number of carbonyl (C=O) groups excluding carboxylic acids is 1. The maximum atomic E-state index is 11.2. The summed E-state index contributed by atoms with van der Waals surface area (Å²) in [6.07, 6.45) is 5.65. The van der Waals surface area contributed by atoms with Crippen LogP contribution in [0.5, 0.6) is 0 Å². The van der Waals surface area contributed by atoms with Crippen molar-refractivity contribution in [3.8, 4) is 11.3 Å². The molecular formula is C18H22ClN5O. The van der Waals surface area contributed by atoms with E-state index in [-0.39, 0.29) is 5.91 Å². The molecule has 1 aromatic heterocycles. The Balaban J connectivity index is 1.81. The van der Waals surface area contributed by atoms with E-state index >= 15 is 0 Å². The molecule has 0 atom stereocenters. The average Bonchev–Trinajstić information content (AvgIpc) is 2.58. The first kappa shape index (κ1) is 17.6. The zero-order valence-electron chi connectivity index (χ0n) is 14.1. The third kappa shape index (κ3) is 4.67. The van der Waals surface area contributed by atoms with E-state index in [1.54, 1.807) is 6.20 Å². The average molecular weight is 360 g/mol. The van der Waals surface area contributed by atoms with Gasteiger partial charge in [0, 0.05) is 30.3 Å². The molecule has 0 saturated heterocycles. The van der Waals surface area contributed by atoms with Gasteiger partial charge in [0.05, 0.1) is 16.9 Å². The van der Waals surface area contributed by atoms with Gasteiger partial charge in [0.2, 0.25) is 11.9 Å². The monoisotopic (exact) mass is 359 g/mol. The molecule has 3 rings (SSSR count). The molecule has 1 saturated carbocycles. The molecule has 0 unspecified atom stereocenters. The normalized spacial score (nSPS) is 20.1. The molecule has 4 N–H and O–H groups in total. The Morgan fingerprint density at radius 3 is 2.76 bits per heavy atom. The number of carbonyl (C=O) groups is 1. The van der Waals surface area contributed by atoms with Gasteiger partial charge in [-0.25, -0.2) is 9.97 Å². The fourth-order valence-corrected chi connectivity index (χ4v) is 3.23. The van der Waals surface area contributed by atoms with Gasteiger partial charge in [-0.2, -0.15) is 0 Å². The van der Waals surface area contributed by atoms with Crippen LogP contribution in [0.1, 0.15) is 32.6 Å². The number of aromatic nitrogens is 2. The largest absolute Gasteiger partial charge is 0.351 e. The van der Waals surface area contributed by atoms with E-state index in [4.69, 9.17) is 17.3 Å². The maximum absolute atomic E-state index is 11.2. The minimum Gasteiger partial charge on any atom is -0.351 e. The lowest BCUT2D eigenvalue weighted by atomic mass is 9.92. The fraction of sp³-hybridized carbons (Fsp3) is 0.389. The molecule has 25 heavy (non-hydrogen) atoms. The van der Waals surface area contributed by atoms with Crippen molar-refractivity contribution in [2.24, 2.45) is 5.73 Å². The van der Waals surface area contributed by atoms with Crippen LogP contribution in [0, 0.1) is 0 Å².